The molecular weight excluding hydrogens is 380 g/mol. The number of rotatable bonds is 6. The maximum atomic E-state index is 12.2. The molecule has 0 aliphatic carbocycles. The van der Waals surface area contributed by atoms with E-state index < -0.39 is 10.0 Å². The highest BCUT2D eigenvalue weighted by Gasteiger charge is 2.21. The lowest BCUT2D eigenvalue weighted by atomic mass is 10.1. The van der Waals surface area contributed by atoms with E-state index in [4.69, 9.17) is 14.6 Å². The molecule has 0 saturated carbocycles. The van der Waals surface area contributed by atoms with E-state index in [1.54, 1.807) is 6.08 Å². The van der Waals surface area contributed by atoms with Crippen molar-refractivity contribution in [1.82, 2.24) is 0 Å². The van der Waals surface area contributed by atoms with Crippen molar-refractivity contribution in [3.8, 4) is 11.5 Å². The second kappa shape index (κ2) is 8.04. The van der Waals surface area contributed by atoms with Gasteiger partial charge in [0.2, 0.25) is 15.9 Å². The van der Waals surface area contributed by atoms with Crippen LogP contribution in [0.5, 0.6) is 11.5 Å². The van der Waals surface area contributed by atoms with Gasteiger partial charge in [-0.15, -0.1) is 0 Å². The molecule has 8 heteroatoms. The fraction of sp³-hybridized carbons (Fsp3) is 0.250. The molecule has 1 amide bonds. The fourth-order valence-electron chi connectivity index (χ4n) is 2.94. The van der Waals surface area contributed by atoms with Crippen LogP contribution in [0, 0.1) is 0 Å². The Kier molecular flexibility index (Phi) is 5.71. The van der Waals surface area contributed by atoms with Crippen molar-refractivity contribution in [2.45, 2.75) is 31.3 Å². The number of nitrogens with two attached hydrogens (primary N) is 1. The molecule has 0 bridgehead atoms. The minimum Gasteiger partial charge on any atom is -0.493 e. The molecular formula is C20H22N2O5S. The minimum atomic E-state index is -3.77. The van der Waals surface area contributed by atoms with Gasteiger partial charge < -0.3 is 14.8 Å². The Morgan fingerprint density at radius 3 is 2.68 bits per heavy atom. The molecule has 3 N–H and O–H groups in total. The molecule has 0 spiro atoms. The second-order valence-corrected chi connectivity index (χ2v) is 8.02. The molecule has 28 heavy (non-hydrogen) atoms. The van der Waals surface area contributed by atoms with Gasteiger partial charge in [0.05, 0.1) is 11.5 Å². The van der Waals surface area contributed by atoms with Crippen molar-refractivity contribution < 1.29 is 22.7 Å². The molecule has 3 rings (SSSR count). The van der Waals surface area contributed by atoms with Crippen molar-refractivity contribution >= 4 is 27.7 Å². The Balaban J connectivity index is 1.74. The third-order valence-electron chi connectivity index (χ3n) is 4.19. The van der Waals surface area contributed by atoms with Crippen LogP contribution < -0.4 is 19.9 Å². The number of benzene rings is 2. The fourth-order valence-corrected chi connectivity index (χ4v) is 3.46. The van der Waals surface area contributed by atoms with Gasteiger partial charge in [0.1, 0.15) is 17.6 Å². The summed E-state index contributed by atoms with van der Waals surface area (Å²) in [5.41, 5.74) is 2.29. The molecule has 0 saturated heterocycles. The summed E-state index contributed by atoms with van der Waals surface area (Å²) in [5.74, 6) is 1.13. The lowest BCUT2D eigenvalue weighted by Gasteiger charge is -2.10. The first-order chi connectivity index (χ1) is 13.3. The molecule has 2 aromatic carbocycles. The van der Waals surface area contributed by atoms with Gasteiger partial charge in [-0.3, -0.25) is 4.79 Å². The molecule has 0 unspecified atom stereocenters. The maximum absolute atomic E-state index is 12.2. The molecule has 1 aliphatic rings. The number of hydrogen-bond donors (Lipinski definition) is 2. The standard InChI is InChI=1S/C20H22N2O5S/c1-3-26-18-12-15-10-13(2)27-19(15)11-14(18)4-9-20(23)22-16-5-7-17(8-6-16)28(21,24)25/h4-9,11-13H,3,10H2,1-2H3,(H,22,23)(H2,21,24,25)/b9-4+/t13-/m1/s1. The van der Waals surface area contributed by atoms with E-state index in [1.807, 2.05) is 26.0 Å². The van der Waals surface area contributed by atoms with E-state index in [2.05, 4.69) is 5.32 Å². The summed E-state index contributed by atoms with van der Waals surface area (Å²) in [6.07, 6.45) is 3.99. The first-order valence-electron chi connectivity index (χ1n) is 8.84. The lowest BCUT2D eigenvalue weighted by molar-refractivity contribution is -0.111. The average molecular weight is 402 g/mol. The summed E-state index contributed by atoms with van der Waals surface area (Å²) >= 11 is 0. The topological polar surface area (TPSA) is 108 Å². The van der Waals surface area contributed by atoms with E-state index in [1.165, 1.54) is 30.3 Å². The quantitative estimate of drug-likeness (QED) is 0.723. The Labute approximate surface area is 164 Å². The highest BCUT2D eigenvalue weighted by molar-refractivity contribution is 7.89. The average Bonchev–Trinajstić information content (AvgIpc) is 2.98. The number of hydrogen-bond acceptors (Lipinski definition) is 5. The summed E-state index contributed by atoms with van der Waals surface area (Å²) < 4.78 is 34.0. The summed E-state index contributed by atoms with van der Waals surface area (Å²) in [6, 6.07) is 9.44. The lowest BCUT2D eigenvalue weighted by Crippen LogP contribution is -2.12. The highest BCUT2D eigenvalue weighted by atomic mass is 32.2. The SMILES string of the molecule is CCOc1cc2c(cc1/C=C/C(=O)Nc1ccc(S(N)(=O)=O)cc1)O[C@H](C)C2. The maximum Gasteiger partial charge on any atom is 0.248 e. The van der Waals surface area contributed by atoms with E-state index in [9.17, 15) is 13.2 Å². The van der Waals surface area contributed by atoms with Crippen LogP contribution in [-0.2, 0) is 21.2 Å². The number of primary sulfonamides is 1. The van der Waals surface area contributed by atoms with Gasteiger partial charge in [0.25, 0.3) is 0 Å². The number of carbonyl (C=O) groups excluding carboxylic acids is 1. The van der Waals surface area contributed by atoms with Gasteiger partial charge >= 0.3 is 0 Å². The van der Waals surface area contributed by atoms with Crippen molar-refractivity contribution in [3.63, 3.8) is 0 Å². The number of sulfonamides is 1. The molecule has 0 radical (unpaired) electrons. The van der Waals surface area contributed by atoms with Crippen molar-refractivity contribution in [1.29, 1.82) is 0 Å². The van der Waals surface area contributed by atoms with Crippen LogP contribution in [0.3, 0.4) is 0 Å². The Bertz CT molecular complexity index is 1010. The summed E-state index contributed by atoms with van der Waals surface area (Å²) in [7, 11) is -3.77. The zero-order chi connectivity index (χ0) is 20.3. The first-order valence-corrected chi connectivity index (χ1v) is 10.4. The van der Waals surface area contributed by atoms with E-state index in [0.717, 1.165) is 23.3 Å². The summed E-state index contributed by atoms with van der Waals surface area (Å²) in [5, 5.41) is 7.73. The highest BCUT2D eigenvalue weighted by Crippen LogP contribution is 2.35. The Hall–Kier alpha value is -2.84. The third kappa shape index (κ3) is 4.71. The third-order valence-corrected chi connectivity index (χ3v) is 5.12. The van der Waals surface area contributed by atoms with Crippen LogP contribution in [0.15, 0.2) is 47.4 Å². The molecule has 0 aromatic heterocycles. The minimum absolute atomic E-state index is 0.0187. The number of nitrogens with one attached hydrogen (secondary N) is 1. The Morgan fingerprint density at radius 2 is 2.04 bits per heavy atom. The zero-order valence-electron chi connectivity index (χ0n) is 15.6. The van der Waals surface area contributed by atoms with E-state index in [0.29, 0.717) is 18.0 Å². The van der Waals surface area contributed by atoms with Gasteiger partial charge in [0.15, 0.2) is 0 Å². The number of fused-ring (bicyclic) bond motifs is 1. The molecule has 1 atom stereocenters. The van der Waals surface area contributed by atoms with Gasteiger partial charge in [-0.25, -0.2) is 13.6 Å². The number of amides is 1. The molecule has 7 nitrogen and oxygen atoms in total. The van der Waals surface area contributed by atoms with E-state index in [-0.39, 0.29) is 16.9 Å². The summed E-state index contributed by atoms with van der Waals surface area (Å²) in [6.45, 7) is 4.42. The molecule has 148 valence electrons. The van der Waals surface area contributed by atoms with Crippen molar-refractivity contribution in [2.75, 3.05) is 11.9 Å². The molecule has 0 fully saturated rings. The molecule has 1 aliphatic heterocycles. The smallest absolute Gasteiger partial charge is 0.248 e. The van der Waals surface area contributed by atoms with Crippen LogP contribution in [0.4, 0.5) is 5.69 Å². The predicted octanol–water partition coefficient (Wildman–Crippen LogP) is 2.71. The zero-order valence-corrected chi connectivity index (χ0v) is 16.5. The molecule has 1 heterocycles. The van der Waals surface area contributed by atoms with Crippen LogP contribution in [-0.4, -0.2) is 27.0 Å². The van der Waals surface area contributed by atoms with Crippen LogP contribution >= 0.6 is 0 Å². The van der Waals surface area contributed by atoms with Gasteiger partial charge in [-0.2, -0.15) is 0 Å². The van der Waals surface area contributed by atoms with Crippen LogP contribution in [0.25, 0.3) is 6.08 Å². The van der Waals surface area contributed by atoms with E-state index >= 15 is 0 Å². The second-order valence-electron chi connectivity index (χ2n) is 6.46. The van der Waals surface area contributed by atoms with Crippen LogP contribution in [0.2, 0.25) is 0 Å². The van der Waals surface area contributed by atoms with Gasteiger partial charge in [-0.05, 0) is 56.3 Å². The normalized spacial score (nSPS) is 15.9. The summed E-state index contributed by atoms with van der Waals surface area (Å²) in [4.78, 5) is 12.2. The number of carbonyl (C=O) groups is 1. The van der Waals surface area contributed by atoms with Crippen molar-refractivity contribution in [2.24, 2.45) is 5.14 Å². The number of anilines is 1. The molecule has 2 aromatic rings. The Morgan fingerprint density at radius 1 is 1.32 bits per heavy atom. The first kappa shape index (κ1) is 19.9. The van der Waals surface area contributed by atoms with Crippen molar-refractivity contribution in [3.05, 3.63) is 53.6 Å². The van der Waals surface area contributed by atoms with Crippen LogP contribution in [0.1, 0.15) is 25.0 Å². The van der Waals surface area contributed by atoms with Gasteiger partial charge in [0, 0.05) is 29.3 Å². The largest absolute Gasteiger partial charge is 0.493 e. The predicted molar refractivity (Wildman–Crippen MR) is 107 cm³/mol. The van der Waals surface area contributed by atoms with Gasteiger partial charge in [-0.1, -0.05) is 0 Å². The monoisotopic (exact) mass is 402 g/mol. The number of ether oxygens (including phenoxy) is 2.